The number of rotatable bonds is 13. The molecule has 0 amide bonds. The molecule has 0 aliphatic carbocycles. The van der Waals surface area contributed by atoms with Gasteiger partial charge in [-0.25, -0.2) is 13.1 Å². The molecule has 2 atom stereocenters. The third-order valence-electron chi connectivity index (χ3n) is 5.09. The predicted molar refractivity (Wildman–Crippen MR) is 141 cm³/mol. The Hall–Kier alpha value is -1.73. The highest BCUT2D eigenvalue weighted by Gasteiger charge is 2.25. The van der Waals surface area contributed by atoms with Crippen molar-refractivity contribution in [1.29, 1.82) is 0 Å². The molecule has 0 aromatic heterocycles. The molecule has 1 N–H and O–H groups in total. The van der Waals surface area contributed by atoms with Crippen LogP contribution in [0.1, 0.15) is 23.1 Å². The summed E-state index contributed by atoms with van der Waals surface area (Å²) >= 11 is 3.64. The maximum absolute atomic E-state index is 12.2. The van der Waals surface area contributed by atoms with Gasteiger partial charge in [0.1, 0.15) is 0 Å². The zero-order valence-corrected chi connectivity index (χ0v) is 20.8. The largest absolute Gasteiger partial charge is 0.213 e. The molecule has 0 fully saturated rings. The first-order valence-electron chi connectivity index (χ1n) is 10.8. The van der Waals surface area contributed by atoms with Crippen LogP contribution >= 0.6 is 23.5 Å². The third-order valence-corrected chi connectivity index (χ3v) is 8.45. The number of nitrogens with one attached hydrogen (secondary N) is 1. The van der Waals surface area contributed by atoms with Crippen LogP contribution in [0.4, 0.5) is 0 Å². The number of hydrogen-bond donors (Lipinski definition) is 1. The van der Waals surface area contributed by atoms with Crippen LogP contribution in [0.3, 0.4) is 0 Å². The molecule has 3 nitrogen and oxygen atoms in total. The van der Waals surface area contributed by atoms with Gasteiger partial charge in [0.2, 0.25) is 10.0 Å². The van der Waals surface area contributed by atoms with Gasteiger partial charge < -0.3 is 0 Å². The summed E-state index contributed by atoms with van der Waals surface area (Å²) in [5.41, 5.74) is 3.80. The van der Waals surface area contributed by atoms with Gasteiger partial charge in [0.25, 0.3) is 0 Å². The lowest BCUT2D eigenvalue weighted by Crippen LogP contribution is -2.43. The summed E-state index contributed by atoms with van der Waals surface area (Å²) < 4.78 is 27.3. The number of sulfonamides is 1. The van der Waals surface area contributed by atoms with Gasteiger partial charge in [0.15, 0.2) is 0 Å². The van der Waals surface area contributed by atoms with Gasteiger partial charge >= 0.3 is 0 Å². The summed E-state index contributed by atoms with van der Waals surface area (Å²) in [6, 6.07) is 31.0. The van der Waals surface area contributed by atoms with E-state index >= 15 is 0 Å². The van der Waals surface area contributed by atoms with Gasteiger partial charge in [-0.2, -0.15) is 23.5 Å². The Balaban J connectivity index is 1.70. The fourth-order valence-electron chi connectivity index (χ4n) is 3.50. The molecule has 170 valence electrons. The van der Waals surface area contributed by atoms with E-state index in [0.717, 1.165) is 30.1 Å². The molecule has 0 bridgehead atoms. The minimum absolute atomic E-state index is 0.129. The maximum Gasteiger partial charge on any atom is 0.209 e. The fourth-order valence-corrected chi connectivity index (χ4v) is 7.01. The van der Waals surface area contributed by atoms with Crippen molar-refractivity contribution in [2.75, 3.05) is 12.0 Å². The molecule has 6 heteroatoms. The maximum atomic E-state index is 12.2. The van der Waals surface area contributed by atoms with Crippen LogP contribution in [0.5, 0.6) is 0 Å². The summed E-state index contributed by atoms with van der Waals surface area (Å²) in [6.45, 7) is 0. The lowest BCUT2D eigenvalue weighted by Gasteiger charge is -2.27. The van der Waals surface area contributed by atoms with Crippen LogP contribution in [0.2, 0.25) is 0 Å². The van der Waals surface area contributed by atoms with Crippen LogP contribution in [0.25, 0.3) is 0 Å². The van der Waals surface area contributed by atoms with Crippen molar-refractivity contribution in [2.45, 2.75) is 35.6 Å². The second-order valence-corrected chi connectivity index (χ2v) is 11.9. The molecule has 32 heavy (non-hydrogen) atoms. The molecule has 0 aliphatic heterocycles. The van der Waals surface area contributed by atoms with Crippen LogP contribution in [0.15, 0.2) is 91.0 Å². The van der Waals surface area contributed by atoms with E-state index in [1.807, 2.05) is 42.1 Å². The van der Waals surface area contributed by atoms with Crippen molar-refractivity contribution in [1.82, 2.24) is 4.72 Å². The van der Waals surface area contributed by atoms with Gasteiger partial charge in [0, 0.05) is 28.6 Å². The Kier molecular flexibility index (Phi) is 10.2. The summed E-state index contributed by atoms with van der Waals surface area (Å²) in [7, 11) is -3.31. The first-order chi connectivity index (χ1) is 15.5. The van der Waals surface area contributed by atoms with Gasteiger partial charge in [-0.1, -0.05) is 91.0 Å². The zero-order valence-electron chi connectivity index (χ0n) is 18.4. The Labute approximate surface area is 201 Å². The average molecular weight is 486 g/mol. The molecule has 3 aromatic rings. The smallest absolute Gasteiger partial charge is 0.209 e. The molecule has 2 unspecified atom stereocenters. The highest BCUT2D eigenvalue weighted by molar-refractivity contribution is 8.00. The highest BCUT2D eigenvalue weighted by Crippen LogP contribution is 2.28. The minimum atomic E-state index is -3.31. The van der Waals surface area contributed by atoms with E-state index in [-0.39, 0.29) is 11.3 Å². The Morgan fingerprint density at radius 1 is 0.750 bits per heavy atom. The van der Waals surface area contributed by atoms with E-state index in [9.17, 15) is 8.42 Å². The minimum Gasteiger partial charge on any atom is -0.213 e. The molecule has 0 radical (unpaired) electrons. The quantitative estimate of drug-likeness (QED) is 0.334. The number of benzene rings is 3. The molecule has 3 aromatic carbocycles. The van der Waals surface area contributed by atoms with Gasteiger partial charge in [-0.15, -0.1) is 0 Å². The summed E-state index contributed by atoms with van der Waals surface area (Å²) in [5, 5.41) is 0.174. The zero-order chi connectivity index (χ0) is 22.7. The van der Waals surface area contributed by atoms with Gasteiger partial charge in [-0.3, -0.25) is 0 Å². The second-order valence-electron chi connectivity index (χ2n) is 7.86. The van der Waals surface area contributed by atoms with Gasteiger partial charge in [0.05, 0.1) is 6.26 Å². The first kappa shape index (κ1) is 24.9. The van der Waals surface area contributed by atoms with Crippen LogP contribution < -0.4 is 4.72 Å². The third kappa shape index (κ3) is 9.41. The van der Waals surface area contributed by atoms with Crippen LogP contribution in [-0.4, -0.2) is 31.7 Å². The van der Waals surface area contributed by atoms with Crippen molar-refractivity contribution in [3.05, 3.63) is 108 Å². The second kappa shape index (κ2) is 13.1. The van der Waals surface area contributed by atoms with E-state index in [0.29, 0.717) is 0 Å². The number of aryl methyl sites for hydroxylation is 1. The van der Waals surface area contributed by atoms with Crippen molar-refractivity contribution < 1.29 is 8.42 Å². The van der Waals surface area contributed by atoms with Crippen molar-refractivity contribution in [3.8, 4) is 0 Å². The van der Waals surface area contributed by atoms with E-state index in [1.54, 1.807) is 11.8 Å². The van der Waals surface area contributed by atoms with E-state index in [1.165, 1.54) is 22.9 Å². The molecular weight excluding hydrogens is 454 g/mol. The molecule has 0 saturated carbocycles. The fraction of sp³-hybridized carbons (Fsp3) is 0.308. The highest BCUT2D eigenvalue weighted by atomic mass is 32.2. The molecular formula is C26H31NO2S3. The molecule has 0 saturated heterocycles. The number of hydrogen-bond acceptors (Lipinski definition) is 4. The Morgan fingerprint density at radius 2 is 1.25 bits per heavy atom. The van der Waals surface area contributed by atoms with E-state index in [2.05, 4.69) is 65.4 Å². The van der Waals surface area contributed by atoms with Crippen LogP contribution in [-0.2, 0) is 27.9 Å². The molecule has 0 heterocycles. The normalized spacial score (nSPS) is 13.5. The monoisotopic (exact) mass is 485 g/mol. The predicted octanol–water partition coefficient (Wildman–Crippen LogP) is 5.77. The Bertz CT molecular complexity index is 969. The Morgan fingerprint density at radius 3 is 1.78 bits per heavy atom. The summed E-state index contributed by atoms with van der Waals surface area (Å²) in [6.07, 6.45) is 3.11. The SMILES string of the molecule is CS(=O)(=O)NC(CSCc1ccccc1)C(CCc1ccccc1)SCc1ccccc1. The molecule has 3 rings (SSSR count). The first-order valence-corrected chi connectivity index (χ1v) is 14.9. The topological polar surface area (TPSA) is 46.2 Å². The van der Waals surface area contributed by atoms with E-state index < -0.39 is 10.0 Å². The van der Waals surface area contributed by atoms with Gasteiger partial charge in [-0.05, 0) is 29.5 Å². The summed E-state index contributed by atoms with van der Waals surface area (Å²) in [4.78, 5) is 0. The average Bonchev–Trinajstić information content (AvgIpc) is 2.80. The van der Waals surface area contributed by atoms with E-state index in [4.69, 9.17) is 0 Å². The standard InChI is InChI=1S/C26H31NO2S3/c1-32(28,29)27-25(21-30-19-23-13-7-3-8-14-23)26(18-17-22-11-5-2-6-12-22)31-20-24-15-9-4-10-16-24/h2-16,25-27H,17-21H2,1H3. The molecule has 0 aliphatic rings. The lowest BCUT2D eigenvalue weighted by molar-refractivity contribution is 0.551. The van der Waals surface area contributed by atoms with Crippen molar-refractivity contribution in [2.24, 2.45) is 0 Å². The van der Waals surface area contributed by atoms with Crippen molar-refractivity contribution >= 4 is 33.5 Å². The lowest BCUT2D eigenvalue weighted by atomic mass is 10.1. The van der Waals surface area contributed by atoms with Crippen molar-refractivity contribution in [3.63, 3.8) is 0 Å². The summed E-state index contributed by atoms with van der Waals surface area (Å²) in [5.74, 6) is 2.48. The van der Waals surface area contributed by atoms with Crippen LogP contribution in [0, 0.1) is 0 Å². The molecule has 0 spiro atoms. The number of thioether (sulfide) groups is 2.